The van der Waals surface area contributed by atoms with Crippen molar-refractivity contribution in [3.8, 4) is 33.6 Å². The Hall–Kier alpha value is -15.4. The van der Waals surface area contributed by atoms with Gasteiger partial charge in [-0.3, -0.25) is 0 Å². The van der Waals surface area contributed by atoms with E-state index in [1.54, 1.807) is 0 Å². The van der Waals surface area contributed by atoms with Crippen LogP contribution in [0.15, 0.2) is 485 Å². The van der Waals surface area contributed by atoms with Crippen molar-refractivity contribution in [1.82, 2.24) is 9.13 Å². The van der Waals surface area contributed by atoms with Crippen LogP contribution in [0.4, 0.5) is 34.1 Å². The minimum Gasteiger partial charge on any atom is -0.310 e. The number of fused-ring (bicyclic) bond motifs is 6. The van der Waals surface area contributed by atoms with Crippen LogP contribution in [0.1, 0.15) is 44.5 Å². The maximum Gasteiger partial charge on any atom is 0.0542 e. The van der Waals surface area contributed by atoms with Gasteiger partial charge in [0, 0.05) is 66.9 Å². The minimum absolute atomic E-state index is 1.08. The Kier molecular flexibility index (Phi) is 19.9. The molecule has 0 atom stereocenters. The second-order valence-electron chi connectivity index (χ2n) is 29.0. The van der Waals surface area contributed by atoms with Crippen molar-refractivity contribution in [3.63, 3.8) is 0 Å². The number of hydrogen-bond donors (Lipinski definition) is 0. The molecule has 0 aliphatic carbocycles. The van der Waals surface area contributed by atoms with Crippen LogP contribution in [0.25, 0.3) is 99.5 Å². The number of benzene rings is 18. The predicted molar refractivity (Wildman–Crippen MR) is 490 cm³/mol. The van der Waals surface area contributed by atoms with Crippen LogP contribution >= 0.6 is 0 Å². The average Bonchev–Trinajstić information content (AvgIpc) is 1.58. The zero-order valence-electron chi connectivity index (χ0n) is 64.0. The second-order valence-corrected chi connectivity index (χ2v) is 29.0. The fourth-order valence-corrected chi connectivity index (χ4v) is 16.8. The molecule has 0 unspecified atom stereocenters. The van der Waals surface area contributed by atoms with E-state index >= 15 is 0 Å². The van der Waals surface area contributed by atoms with Crippen LogP contribution in [-0.4, -0.2) is 9.13 Å². The van der Waals surface area contributed by atoms with Gasteiger partial charge in [-0.05, 0) is 199 Å². The molecule has 0 aliphatic heterocycles. The molecule has 18 aromatic carbocycles. The van der Waals surface area contributed by atoms with Gasteiger partial charge in [-0.1, -0.05) is 370 Å². The summed E-state index contributed by atoms with van der Waals surface area (Å²) < 4.78 is 4.75. The molecule has 0 saturated heterocycles. The van der Waals surface area contributed by atoms with E-state index in [1.807, 2.05) is 0 Å². The summed E-state index contributed by atoms with van der Waals surface area (Å²) in [4.78, 5) is 4.80. The van der Waals surface area contributed by atoms with Crippen LogP contribution < -0.4 is 9.80 Å². The summed E-state index contributed by atoms with van der Waals surface area (Å²) in [7, 11) is 0. The first kappa shape index (κ1) is 71.0. The van der Waals surface area contributed by atoms with Gasteiger partial charge < -0.3 is 18.9 Å². The van der Waals surface area contributed by atoms with Gasteiger partial charge in [-0.2, -0.15) is 0 Å². The van der Waals surface area contributed by atoms with Crippen molar-refractivity contribution >= 4 is 100 Å². The van der Waals surface area contributed by atoms with Crippen LogP contribution in [0.2, 0.25) is 0 Å². The fraction of sp³-hybridized carbons (Fsp3) is 0. The van der Waals surface area contributed by atoms with Gasteiger partial charge in [-0.25, -0.2) is 0 Å². The Morgan fingerprint density at radius 3 is 0.784 bits per heavy atom. The molecule has 2 aromatic heterocycles. The molecule has 20 rings (SSSR count). The van der Waals surface area contributed by atoms with E-state index in [0.29, 0.717) is 0 Å². The zero-order chi connectivity index (χ0) is 77.4. The number of nitrogens with zero attached hydrogens (tertiary/aromatic N) is 4. The molecule has 0 spiro atoms. The topological polar surface area (TPSA) is 16.3 Å². The third kappa shape index (κ3) is 14.2. The van der Waals surface area contributed by atoms with Gasteiger partial charge in [0.1, 0.15) is 0 Å². The van der Waals surface area contributed by atoms with Crippen molar-refractivity contribution in [1.29, 1.82) is 0 Å². The fourth-order valence-electron chi connectivity index (χ4n) is 16.8. The van der Waals surface area contributed by atoms with Crippen LogP contribution in [0, 0.1) is 0 Å². The van der Waals surface area contributed by atoms with E-state index in [2.05, 4.69) is 504 Å². The van der Waals surface area contributed by atoms with Gasteiger partial charge in [0.25, 0.3) is 0 Å². The number of aromatic nitrogens is 2. The first-order chi connectivity index (χ1) is 57.6. The SMILES string of the molecule is c1ccc(C(=C(c2ccccc2)c2ccc(N(c3ccc(-c4ccccc4)cc3)c3ccc4c(c3)c3ccccc3n4-c3ccccc3)cc2)c2ccccc2)cc1.c1ccc(C(=C(c2ccccc2)c2ccc(N(c3ccc4c(c3)c3ccccc3n4-c3ccccc3)c3ccccc3-c3ccccc3)cc2)c2ccccc2)cc1. The molecular weight excluding hydrogens is 1400 g/mol. The van der Waals surface area contributed by atoms with Crippen molar-refractivity contribution in [2.75, 3.05) is 9.80 Å². The summed E-state index contributed by atoms with van der Waals surface area (Å²) >= 11 is 0. The Morgan fingerprint density at radius 2 is 0.414 bits per heavy atom. The third-order valence-corrected chi connectivity index (χ3v) is 22.0. The molecule has 0 radical (unpaired) electrons. The van der Waals surface area contributed by atoms with E-state index in [4.69, 9.17) is 0 Å². The third-order valence-electron chi connectivity index (χ3n) is 22.0. The molecule has 0 saturated carbocycles. The van der Waals surface area contributed by atoms with Crippen LogP contribution in [-0.2, 0) is 0 Å². The predicted octanol–water partition coefficient (Wildman–Crippen LogP) is 29.9. The molecule has 0 fully saturated rings. The Morgan fingerprint density at radius 1 is 0.164 bits per heavy atom. The molecule has 0 N–H and O–H groups in total. The van der Waals surface area contributed by atoms with Crippen molar-refractivity contribution in [3.05, 3.63) is 530 Å². The van der Waals surface area contributed by atoms with Gasteiger partial charge in [0.15, 0.2) is 0 Å². The molecule has 20 aromatic rings. The summed E-state index contributed by atoms with van der Waals surface area (Å²) in [6, 6.07) is 174. The van der Waals surface area contributed by atoms with E-state index in [9.17, 15) is 0 Å². The summed E-state index contributed by atoms with van der Waals surface area (Å²) in [6.45, 7) is 0. The first-order valence-corrected chi connectivity index (χ1v) is 39.7. The van der Waals surface area contributed by atoms with Crippen LogP contribution in [0.3, 0.4) is 0 Å². The van der Waals surface area contributed by atoms with E-state index in [1.165, 1.54) is 122 Å². The van der Waals surface area contributed by atoms with Crippen molar-refractivity contribution in [2.24, 2.45) is 0 Å². The molecule has 0 aliphatic rings. The first-order valence-electron chi connectivity index (χ1n) is 39.7. The van der Waals surface area contributed by atoms with Crippen molar-refractivity contribution in [2.45, 2.75) is 0 Å². The molecular formula is C112H80N4. The lowest BCUT2D eigenvalue weighted by Crippen LogP contribution is -2.11. The number of para-hydroxylation sites is 5. The maximum absolute atomic E-state index is 2.42. The standard InChI is InChI=1S/2C56H40N2/c1-6-20-41(21-7-1)49-30-16-18-32-52(49)57(48-38-39-54-51(40-48)50-31-17-19-33-53(50)58(54)46-28-14-5-15-29-46)47-36-34-45(35-37-47)56(44-26-12-4-13-27-44)55(42-22-8-2-9-23-42)43-24-10-3-11-25-43;1-6-18-41(19-7-1)42-30-34-48(35-31-42)57(50-38-39-54-52(40-50)51-28-16-17-29-53(51)58(54)47-26-14-5-15-27-47)49-36-32-46(33-37-49)56(45-24-12-4-13-25-45)55(43-20-8-2-9-21-43)44-22-10-3-11-23-44/h2*1-40H. The monoisotopic (exact) mass is 1480 g/mol. The van der Waals surface area contributed by atoms with E-state index < -0.39 is 0 Å². The summed E-state index contributed by atoms with van der Waals surface area (Å²) in [5.41, 5.74) is 32.5. The number of hydrogen-bond acceptors (Lipinski definition) is 2. The Labute approximate surface area is 677 Å². The highest BCUT2D eigenvalue weighted by molar-refractivity contribution is 6.13. The number of anilines is 6. The second kappa shape index (κ2) is 32.5. The maximum atomic E-state index is 2.42. The highest BCUT2D eigenvalue weighted by atomic mass is 15.2. The molecule has 0 amide bonds. The quantitative estimate of drug-likeness (QED) is 0.0796. The van der Waals surface area contributed by atoms with Gasteiger partial charge in [0.2, 0.25) is 0 Å². The highest BCUT2D eigenvalue weighted by Gasteiger charge is 2.25. The van der Waals surface area contributed by atoms with Crippen molar-refractivity contribution < 1.29 is 0 Å². The lowest BCUT2D eigenvalue weighted by Gasteiger charge is -2.28. The summed E-state index contributed by atoms with van der Waals surface area (Å²) in [6.07, 6.45) is 0. The Bertz CT molecular complexity index is 6750. The minimum atomic E-state index is 1.08. The summed E-state index contributed by atoms with van der Waals surface area (Å²) in [5.74, 6) is 0. The van der Waals surface area contributed by atoms with Gasteiger partial charge >= 0.3 is 0 Å². The number of rotatable bonds is 18. The van der Waals surface area contributed by atoms with E-state index in [-0.39, 0.29) is 0 Å². The Balaban J connectivity index is 0.000000155. The lowest BCUT2D eigenvalue weighted by atomic mass is 9.86. The summed E-state index contributed by atoms with van der Waals surface area (Å²) in [5, 5.41) is 4.87. The molecule has 0 bridgehead atoms. The molecule has 2 heterocycles. The zero-order valence-corrected chi connectivity index (χ0v) is 64.0. The molecule has 116 heavy (non-hydrogen) atoms. The highest BCUT2D eigenvalue weighted by Crippen LogP contribution is 2.47. The van der Waals surface area contributed by atoms with E-state index in [0.717, 1.165) is 56.6 Å². The van der Waals surface area contributed by atoms with Gasteiger partial charge in [0.05, 0.1) is 27.8 Å². The molecule has 4 nitrogen and oxygen atoms in total. The lowest BCUT2D eigenvalue weighted by molar-refractivity contribution is 1.18. The molecule has 4 heteroatoms. The normalized spacial score (nSPS) is 11.1. The molecule has 548 valence electrons. The van der Waals surface area contributed by atoms with Crippen LogP contribution in [0.5, 0.6) is 0 Å². The largest absolute Gasteiger partial charge is 0.310 e. The van der Waals surface area contributed by atoms with Gasteiger partial charge in [-0.15, -0.1) is 0 Å². The smallest absolute Gasteiger partial charge is 0.0542 e. The average molecular weight is 1480 g/mol.